The van der Waals surface area contributed by atoms with Crippen molar-refractivity contribution in [2.75, 3.05) is 13.7 Å². The van der Waals surface area contributed by atoms with Gasteiger partial charge in [0.05, 0.1) is 25.8 Å². The molecule has 0 aromatic heterocycles. The minimum Gasteiger partial charge on any atom is -0.497 e. The molecule has 0 saturated heterocycles. The van der Waals surface area contributed by atoms with Crippen molar-refractivity contribution in [3.63, 3.8) is 0 Å². The van der Waals surface area contributed by atoms with Crippen LogP contribution in [0.3, 0.4) is 0 Å². The number of aliphatic imine (C=N–C) groups is 1. The third kappa shape index (κ3) is 4.92. The lowest BCUT2D eigenvalue weighted by atomic mass is 10.0. The van der Waals surface area contributed by atoms with Gasteiger partial charge in [-0.2, -0.15) is 5.26 Å². The monoisotopic (exact) mass is 288 g/mol. The average Bonchev–Trinajstić information content (AvgIpc) is 2.52. The Bertz CT molecular complexity index is 517. The number of methoxy groups -OCH3 is 1. The second-order valence-corrected chi connectivity index (χ2v) is 4.35. The number of hydrogen-bond acceptors (Lipinski definition) is 5. The van der Waals surface area contributed by atoms with Gasteiger partial charge in [-0.05, 0) is 31.0 Å². The zero-order chi connectivity index (χ0) is 15.7. The fraction of sp³-hybridized carbons (Fsp3) is 0.438. The number of carbonyl (C=O) groups is 1. The van der Waals surface area contributed by atoms with Crippen LogP contribution in [-0.4, -0.2) is 25.9 Å². The Balaban J connectivity index is 2.82. The Morgan fingerprint density at radius 3 is 2.52 bits per heavy atom. The van der Waals surface area contributed by atoms with Crippen molar-refractivity contribution in [3.8, 4) is 11.8 Å². The Morgan fingerprint density at radius 2 is 2.05 bits per heavy atom. The Kier molecular flexibility index (Phi) is 6.96. The van der Waals surface area contributed by atoms with Crippen molar-refractivity contribution in [1.82, 2.24) is 0 Å². The van der Waals surface area contributed by atoms with E-state index in [9.17, 15) is 4.79 Å². The lowest BCUT2D eigenvalue weighted by Gasteiger charge is -2.11. The SMILES string of the molecule is CCOC(=O)C(C#N)C=N[C@H](CC)c1ccc(OC)cc1. The van der Waals surface area contributed by atoms with Crippen LogP contribution in [0.2, 0.25) is 0 Å². The molecule has 1 rings (SSSR count). The maximum Gasteiger partial charge on any atom is 0.328 e. The minimum atomic E-state index is -0.961. The number of hydrogen-bond donors (Lipinski definition) is 0. The maximum atomic E-state index is 11.5. The smallest absolute Gasteiger partial charge is 0.328 e. The number of ether oxygens (including phenoxy) is 2. The number of benzene rings is 1. The molecule has 5 nitrogen and oxygen atoms in total. The van der Waals surface area contributed by atoms with E-state index in [1.165, 1.54) is 6.21 Å². The van der Waals surface area contributed by atoms with Gasteiger partial charge >= 0.3 is 5.97 Å². The molecule has 0 aliphatic carbocycles. The first-order valence-electron chi connectivity index (χ1n) is 6.89. The highest BCUT2D eigenvalue weighted by Gasteiger charge is 2.17. The van der Waals surface area contributed by atoms with Crippen LogP contribution in [-0.2, 0) is 9.53 Å². The molecular weight excluding hydrogens is 268 g/mol. The van der Waals surface area contributed by atoms with Gasteiger partial charge in [-0.3, -0.25) is 9.79 Å². The van der Waals surface area contributed by atoms with E-state index in [4.69, 9.17) is 14.7 Å². The van der Waals surface area contributed by atoms with E-state index in [2.05, 4.69) is 4.99 Å². The van der Waals surface area contributed by atoms with Gasteiger partial charge in [0.1, 0.15) is 5.75 Å². The number of nitriles is 1. The topological polar surface area (TPSA) is 71.7 Å². The molecule has 0 fully saturated rings. The molecule has 112 valence electrons. The van der Waals surface area contributed by atoms with Crippen molar-refractivity contribution in [2.24, 2.45) is 10.9 Å². The fourth-order valence-electron chi connectivity index (χ4n) is 1.82. The molecule has 0 bridgehead atoms. The average molecular weight is 288 g/mol. The largest absolute Gasteiger partial charge is 0.497 e. The van der Waals surface area contributed by atoms with E-state index in [0.29, 0.717) is 0 Å². The summed E-state index contributed by atoms with van der Waals surface area (Å²) in [5.41, 5.74) is 1.01. The lowest BCUT2D eigenvalue weighted by molar-refractivity contribution is -0.143. The van der Waals surface area contributed by atoms with Gasteiger partial charge in [-0.15, -0.1) is 0 Å². The van der Waals surface area contributed by atoms with Crippen molar-refractivity contribution < 1.29 is 14.3 Å². The maximum absolute atomic E-state index is 11.5. The van der Waals surface area contributed by atoms with Crippen molar-refractivity contribution in [2.45, 2.75) is 26.3 Å². The molecule has 1 aromatic carbocycles. The van der Waals surface area contributed by atoms with Crippen LogP contribution in [0.4, 0.5) is 0 Å². The molecule has 0 aliphatic heterocycles. The van der Waals surface area contributed by atoms with Crippen molar-refractivity contribution >= 4 is 12.2 Å². The van der Waals surface area contributed by atoms with Crippen LogP contribution in [0.15, 0.2) is 29.3 Å². The highest BCUT2D eigenvalue weighted by Crippen LogP contribution is 2.23. The summed E-state index contributed by atoms with van der Waals surface area (Å²) >= 11 is 0. The van der Waals surface area contributed by atoms with E-state index in [-0.39, 0.29) is 12.6 Å². The molecule has 0 radical (unpaired) electrons. The predicted octanol–water partition coefficient (Wildman–Crippen LogP) is 2.92. The summed E-state index contributed by atoms with van der Waals surface area (Å²) < 4.78 is 9.94. The van der Waals surface area contributed by atoms with E-state index in [1.807, 2.05) is 37.3 Å². The number of nitrogens with zero attached hydrogens (tertiary/aromatic N) is 2. The van der Waals surface area contributed by atoms with Crippen LogP contribution in [0.1, 0.15) is 31.9 Å². The summed E-state index contributed by atoms with van der Waals surface area (Å²) in [5.74, 6) is -0.746. The van der Waals surface area contributed by atoms with Crippen molar-refractivity contribution in [1.29, 1.82) is 5.26 Å². The van der Waals surface area contributed by atoms with E-state index in [1.54, 1.807) is 14.0 Å². The van der Waals surface area contributed by atoms with Crippen LogP contribution in [0, 0.1) is 17.2 Å². The van der Waals surface area contributed by atoms with Crippen LogP contribution >= 0.6 is 0 Å². The Labute approximate surface area is 125 Å². The zero-order valence-corrected chi connectivity index (χ0v) is 12.6. The van der Waals surface area contributed by atoms with E-state index >= 15 is 0 Å². The highest BCUT2D eigenvalue weighted by atomic mass is 16.5. The molecule has 0 heterocycles. The summed E-state index contributed by atoms with van der Waals surface area (Å²) in [6.07, 6.45) is 2.14. The first-order chi connectivity index (χ1) is 10.2. The zero-order valence-electron chi connectivity index (χ0n) is 12.6. The van der Waals surface area contributed by atoms with E-state index < -0.39 is 11.9 Å². The summed E-state index contributed by atoms with van der Waals surface area (Å²) in [4.78, 5) is 15.9. The second-order valence-electron chi connectivity index (χ2n) is 4.35. The molecule has 1 aromatic rings. The molecule has 2 atom stereocenters. The normalized spacial score (nSPS) is 13.4. The number of carbonyl (C=O) groups excluding carboxylic acids is 1. The molecule has 1 unspecified atom stereocenters. The molecule has 0 amide bonds. The molecule has 0 N–H and O–H groups in total. The first kappa shape index (κ1) is 16.7. The molecule has 0 aliphatic rings. The molecule has 0 saturated carbocycles. The molecule has 21 heavy (non-hydrogen) atoms. The summed E-state index contributed by atoms with van der Waals surface area (Å²) in [7, 11) is 1.61. The quantitative estimate of drug-likeness (QED) is 0.571. The summed E-state index contributed by atoms with van der Waals surface area (Å²) in [6.45, 7) is 3.95. The summed E-state index contributed by atoms with van der Waals surface area (Å²) in [5, 5.41) is 8.99. The van der Waals surface area contributed by atoms with Gasteiger partial charge in [-0.25, -0.2) is 0 Å². The van der Waals surface area contributed by atoms with Gasteiger partial charge in [0.15, 0.2) is 5.92 Å². The summed E-state index contributed by atoms with van der Waals surface area (Å²) in [6, 6.07) is 9.37. The minimum absolute atomic E-state index is 0.0961. The second kappa shape index (κ2) is 8.75. The Hall–Kier alpha value is -2.35. The number of rotatable bonds is 7. The predicted molar refractivity (Wildman–Crippen MR) is 80.3 cm³/mol. The van der Waals surface area contributed by atoms with Gasteiger partial charge in [0.25, 0.3) is 0 Å². The highest BCUT2D eigenvalue weighted by molar-refractivity contribution is 5.92. The molecule has 5 heteroatoms. The van der Waals surface area contributed by atoms with Gasteiger partial charge in [0, 0.05) is 6.21 Å². The third-order valence-corrected chi connectivity index (χ3v) is 2.98. The third-order valence-electron chi connectivity index (χ3n) is 2.98. The lowest BCUT2D eigenvalue weighted by Crippen LogP contribution is -2.17. The van der Waals surface area contributed by atoms with Gasteiger partial charge in [-0.1, -0.05) is 19.1 Å². The molecule has 0 spiro atoms. The van der Waals surface area contributed by atoms with Crippen LogP contribution < -0.4 is 4.74 Å². The van der Waals surface area contributed by atoms with Crippen LogP contribution in [0.25, 0.3) is 0 Å². The van der Waals surface area contributed by atoms with Crippen LogP contribution in [0.5, 0.6) is 5.75 Å². The Morgan fingerprint density at radius 1 is 1.38 bits per heavy atom. The van der Waals surface area contributed by atoms with Gasteiger partial charge in [0.2, 0.25) is 0 Å². The fourth-order valence-corrected chi connectivity index (χ4v) is 1.82. The van der Waals surface area contributed by atoms with Crippen molar-refractivity contribution in [3.05, 3.63) is 29.8 Å². The molecular formula is C16H20N2O3. The standard InChI is InChI=1S/C16H20N2O3/c1-4-15(12-6-8-14(20-3)9-7-12)18-11-13(10-17)16(19)21-5-2/h6-9,11,13,15H,4-5H2,1-3H3/t13?,15-/m1/s1. The van der Waals surface area contributed by atoms with E-state index in [0.717, 1.165) is 17.7 Å². The van der Waals surface area contributed by atoms with Gasteiger partial charge < -0.3 is 9.47 Å². The number of esters is 1. The first-order valence-corrected chi connectivity index (χ1v) is 6.89.